The Labute approximate surface area is 110 Å². The van der Waals surface area contributed by atoms with Crippen LogP contribution in [0.1, 0.15) is 0 Å². The predicted molar refractivity (Wildman–Crippen MR) is 66.0 cm³/mol. The van der Waals surface area contributed by atoms with Crippen molar-refractivity contribution in [3.05, 3.63) is 36.5 Å². The van der Waals surface area contributed by atoms with Gasteiger partial charge >= 0.3 is 6.18 Å². The molecule has 2 aromatic rings. The summed E-state index contributed by atoms with van der Waals surface area (Å²) < 4.78 is 41.9. The Balaban J connectivity index is 2.08. The van der Waals surface area contributed by atoms with Gasteiger partial charge in [0.25, 0.3) is 0 Å². The first-order chi connectivity index (χ1) is 8.47. The van der Waals surface area contributed by atoms with Gasteiger partial charge in [-0.15, -0.1) is 0 Å². The van der Waals surface area contributed by atoms with Gasteiger partial charge in [-0.2, -0.15) is 13.2 Å². The van der Waals surface area contributed by atoms with E-state index in [1.54, 1.807) is 30.5 Å². The lowest BCUT2D eigenvalue weighted by Gasteiger charge is -2.14. The van der Waals surface area contributed by atoms with E-state index < -0.39 is 17.6 Å². The monoisotopic (exact) mass is 319 g/mol. The number of nitrogens with zero attached hydrogens (tertiary/aromatic N) is 1. The summed E-state index contributed by atoms with van der Waals surface area (Å²) in [6.45, 7) is -0.470. The number of aromatic nitrogens is 1. The minimum absolute atomic E-state index is 0.370. The summed E-state index contributed by atoms with van der Waals surface area (Å²) in [5, 5.41) is 0.913. The summed E-state index contributed by atoms with van der Waals surface area (Å²) in [5.74, 6) is 0.370. The average Bonchev–Trinajstić information content (AvgIpc) is 2.34. The van der Waals surface area contributed by atoms with Gasteiger partial charge in [0.2, 0.25) is 0 Å². The van der Waals surface area contributed by atoms with Crippen LogP contribution in [0.15, 0.2) is 36.5 Å². The maximum atomic E-state index is 12.3. The largest absolute Gasteiger partial charge is 0.492 e. The first-order valence-electron chi connectivity index (χ1n) is 5.15. The molecule has 2 rings (SSSR count). The third kappa shape index (κ3) is 3.13. The van der Waals surface area contributed by atoms with Gasteiger partial charge < -0.3 is 4.74 Å². The molecule has 0 N–H and O–H groups in total. The minimum atomic E-state index is -4.31. The molecule has 0 aliphatic heterocycles. The van der Waals surface area contributed by atoms with Crippen LogP contribution in [-0.4, -0.2) is 22.6 Å². The van der Waals surface area contributed by atoms with Gasteiger partial charge in [-0.3, -0.25) is 4.98 Å². The second kappa shape index (κ2) is 5.14. The van der Waals surface area contributed by atoms with Crippen molar-refractivity contribution in [3.8, 4) is 5.75 Å². The summed E-state index contributed by atoms with van der Waals surface area (Å²) in [5.41, 5.74) is 0.688. The first kappa shape index (κ1) is 13.1. The zero-order chi connectivity index (χ0) is 13.2. The van der Waals surface area contributed by atoms with Gasteiger partial charge in [0, 0.05) is 17.6 Å². The first-order valence-corrected chi connectivity index (χ1v) is 6.07. The van der Waals surface area contributed by atoms with E-state index in [0.717, 1.165) is 5.39 Å². The van der Waals surface area contributed by atoms with E-state index in [0.29, 0.717) is 11.3 Å². The van der Waals surface area contributed by atoms with Crippen LogP contribution in [0.5, 0.6) is 5.75 Å². The molecule has 18 heavy (non-hydrogen) atoms. The molecular weight excluding hydrogens is 311 g/mol. The molecule has 0 aliphatic rings. The number of benzene rings is 1. The van der Waals surface area contributed by atoms with Gasteiger partial charge in [-0.25, -0.2) is 0 Å². The topological polar surface area (TPSA) is 22.1 Å². The van der Waals surface area contributed by atoms with Crippen LogP contribution in [-0.2, 0) is 0 Å². The highest BCUT2D eigenvalue weighted by Crippen LogP contribution is 2.27. The van der Waals surface area contributed by atoms with E-state index in [9.17, 15) is 13.2 Å². The Morgan fingerprint density at radius 1 is 1.28 bits per heavy atom. The molecule has 0 fully saturated rings. The average molecular weight is 320 g/mol. The van der Waals surface area contributed by atoms with E-state index >= 15 is 0 Å². The predicted octanol–water partition coefficient (Wildman–Crippen LogP) is 3.94. The molecule has 0 saturated carbocycles. The molecule has 0 saturated heterocycles. The zero-order valence-electron chi connectivity index (χ0n) is 9.12. The Morgan fingerprint density at radius 3 is 2.78 bits per heavy atom. The summed E-state index contributed by atoms with van der Waals surface area (Å²) in [6, 6.07) is 8.66. The fourth-order valence-corrected chi connectivity index (χ4v) is 1.53. The third-order valence-electron chi connectivity index (χ3n) is 2.33. The Morgan fingerprint density at radius 2 is 2.06 bits per heavy atom. The Hall–Kier alpha value is -1.30. The highest BCUT2D eigenvalue weighted by molar-refractivity contribution is 9.09. The van der Waals surface area contributed by atoms with E-state index in [4.69, 9.17) is 4.74 Å². The quantitative estimate of drug-likeness (QED) is 0.799. The van der Waals surface area contributed by atoms with Crippen molar-refractivity contribution in [2.75, 3.05) is 6.61 Å². The lowest BCUT2D eigenvalue weighted by Crippen LogP contribution is -2.28. The van der Waals surface area contributed by atoms with Gasteiger partial charge in [-0.1, -0.05) is 22.0 Å². The van der Waals surface area contributed by atoms with Crippen LogP contribution in [0.2, 0.25) is 0 Å². The minimum Gasteiger partial charge on any atom is -0.492 e. The second-order valence-corrected chi connectivity index (χ2v) is 4.78. The molecule has 0 bridgehead atoms. The number of pyridine rings is 1. The third-order valence-corrected chi connectivity index (χ3v) is 3.11. The zero-order valence-corrected chi connectivity index (χ0v) is 10.7. The van der Waals surface area contributed by atoms with Crippen LogP contribution in [0.3, 0.4) is 0 Å². The van der Waals surface area contributed by atoms with Crippen molar-refractivity contribution in [1.82, 2.24) is 4.98 Å². The molecule has 1 heterocycles. The van der Waals surface area contributed by atoms with Crippen molar-refractivity contribution < 1.29 is 17.9 Å². The Kier molecular flexibility index (Phi) is 3.75. The van der Waals surface area contributed by atoms with Crippen LogP contribution in [0.4, 0.5) is 13.2 Å². The van der Waals surface area contributed by atoms with Gasteiger partial charge in [-0.05, 0) is 18.2 Å². The highest BCUT2D eigenvalue weighted by Gasteiger charge is 2.38. The number of hydrogen-bond donors (Lipinski definition) is 0. The molecule has 1 unspecified atom stereocenters. The number of rotatable bonds is 3. The lowest BCUT2D eigenvalue weighted by atomic mass is 10.2. The molecule has 96 valence electrons. The van der Waals surface area contributed by atoms with Crippen molar-refractivity contribution in [2.24, 2.45) is 0 Å². The van der Waals surface area contributed by atoms with E-state index in [2.05, 4.69) is 20.9 Å². The summed E-state index contributed by atoms with van der Waals surface area (Å²) >= 11 is 2.54. The smallest absolute Gasteiger partial charge is 0.404 e. The summed E-state index contributed by atoms with van der Waals surface area (Å²) in [6.07, 6.45) is -2.69. The molecule has 0 spiro atoms. The van der Waals surface area contributed by atoms with Crippen LogP contribution < -0.4 is 4.74 Å². The number of alkyl halides is 4. The SMILES string of the molecule is FC(F)(F)C(Br)COc1ccc2cccnc2c1. The number of halogens is 4. The van der Waals surface area contributed by atoms with Crippen molar-refractivity contribution in [3.63, 3.8) is 0 Å². The fraction of sp³-hybridized carbons (Fsp3) is 0.250. The number of hydrogen-bond acceptors (Lipinski definition) is 2. The maximum absolute atomic E-state index is 12.3. The lowest BCUT2D eigenvalue weighted by molar-refractivity contribution is -0.132. The van der Waals surface area contributed by atoms with Crippen LogP contribution >= 0.6 is 15.9 Å². The van der Waals surface area contributed by atoms with Gasteiger partial charge in [0.15, 0.2) is 0 Å². The molecule has 0 amide bonds. The number of ether oxygens (including phenoxy) is 1. The molecule has 2 nitrogen and oxygen atoms in total. The van der Waals surface area contributed by atoms with Crippen molar-refractivity contribution in [2.45, 2.75) is 11.0 Å². The van der Waals surface area contributed by atoms with E-state index in [1.165, 1.54) is 0 Å². The molecule has 1 aromatic heterocycles. The van der Waals surface area contributed by atoms with Crippen molar-refractivity contribution in [1.29, 1.82) is 0 Å². The molecule has 1 aromatic carbocycles. The standard InChI is InChI=1S/C12H9BrF3NO/c13-11(12(14,15)16)7-18-9-4-3-8-2-1-5-17-10(8)6-9/h1-6,11H,7H2. The molecular formula is C12H9BrF3NO. The van der Waals surface area contributed by atoms with E-state index in [1.807, 2.05) is 6.07 Å². The van der Waals surface area contributed by atoms with E-state index in [-0.39, 0.29) is 0 Å². The second-order valence-electron chi connectivity index (χ2n) is 3.68. The molecule has 0 radical (unpaired) electrons. The molecule has 6 heteroatoms. The Bertz CT molecular complexity index is 544. The van der Waals surface area contributed by atoms with Crippen molar-refractivity contribution >= 4 is 26.8 Å². The fourth-order valence-electron chi connectivity index (χ4n) is 1.40. The maximum Gasteiger partial charge on any atom is 0.404 e. The van der Waals surface area contributed by atoms with Crippen LogP contribution in [0.25, 0.3) is 10.9 Å². The molecule has 0 aliphatic carbocycles. The molecule has 1 atom stereocenters. The summed E-state index contributed by atoms with van der Waals surface area (Å²) in [4.78, 5) is 2.43. The summed E-state index contributed by atoms with van der Waals surface area (Å²) in [7, 11) is 0. The van der Waals surface area contributed by atoms with Gasteiger partial charge in [0.05, 0.1) is 5.52 Å². The normalized spacial score (nSPS) is 13.6. The highest BCUT2D eigenvalue weighted by atomic mass is 79.9. The van der Waals surface area contributed by atoms with Crippen LogP contribution in [0, 0.1) is 0 Å². The number of fused-ring (bicyclic) bond motifs is 1. The van der Waals surface area contributed by atoms with Gasteiger partial charge in [0.1, 0.15) is 17.2 Å².